The molecule has 1 aromatic heterocycles. The summed E-state index contributed by atoms with van der Waals surface area (Å²) in [5, 5.41) is 1.61. The third-order valence-corrected chi connectivity index (χ3v) is 3.31. The van der Waals surface area contributed by atoms with Crippen molar-refractivity contribution in [3.63, 3.8) is 0 Å². The van der Waals surface area contributed by atoms with Gasteiger partial charge < -0.3 is 4.90 Å². The first-order chi connectivity index (χ1) is 9.43. The first-order valence-electron chi connectivity index (χ1n) is 5.80. The van der Waals surface area contributed by atoms with E-state index >= 15 is 0 Å². The average molecular weight is 300 g/mol. The van der Waals surface area contributed by atoms with E-state index < -0.39 is 11.7 Å². The van der Waals surface area contributed by atoms with Gasteiger partial charge in [-0.05, 0) is 31.2 Å². The van der Waals surface area contributed by atoms with E-state index in [0.29, 0.717) is 12.2 Å². The Morgan fingerprint density at radius 1 is 1.30 bits per heavy atom. The molecule has 0 bridgehead atoms. The van der Waals surface area contributed by atoms with E-state index in [4.69, 9.17) is 0 Å². The summed E-state index contributed by atoms with van der Waals surface area (Å²) < 4.78 is 37.5. The lowest BCUT2D eigenvalue weighted by Gasteiger charge is -2.20. The van der Waals surface area contributed by atoms with Crippen molar-refractivity contribution in [2.45, 2.75) is 13.1 Å². The van der Waals surface area contributed by atoms with E-state index in [1.807, 2.05) is 0 Å². The molecular weight excluding hydrogens is 289 g/mol. The van der Waals surface area contributed by atoms with Gasteiger partial charge in [0.05, 0.1) is 11.1 Å². The Bertz CT molecular complexity index is 579. The van der Waals surface area contributed by atoms with Crippen LogP contribution in [0.4, 0.5) is 18.9 Å². The summed E-state index contributed by atoms with van der Waals surface area (Å²) in [6.07, 6.45) is -4.38. The Kier molecular flexibility index (Phi) is 4.08. The zero-order chi connectivity index (χ0) is 14.8. The molecule has 2 rings (SSSR count). The highest BCUT2D eigenvalue weighted by molar-refractivity contribution is 7.07. The second kappa shape index (κ2) is 5.62. The van der Waals surface area contributed by atoms with Gasteiger partial charge in [-0.25, -0.2) is 4.98 Å². The molecule has 20 heavy (non-hydrogen) atoms. The van der Waals surface area contributed by atoms with Gasteiger partial charge in [0.2, 0.25) is 0 Å². The maximum absolute atomic E-state index is 12.5. The Balaban J connectivity index is 2.26. The van der Waals surface area contributed by atoms with Crippen LogP contribution >= 0.6 is 11.3 Å². The molecule has 0 fully saturated rings. The summed E-state index contributed by atoms with van der Waals surface area (Å²) in [4.78, 5) is 17.5. The SMILES string of the molecule is CCN(C(=O)c1cscn1)c1ccc(C(F)(F)F)cc1. The molecule has 0 spiro atoms. The maximum atomic E-state index is 12.5. The number of alkyl halides is 3. The lowest BCUT2D eigenvalue weighted by atomic mass is 10.2. The molecular formula is C13H11F3N2OS. The van der Waals surface area contributed by atoms with Gasteiger partial charge in [0, 0.05) is 17.6 Å². The smallest absolute Gasteiger partial charge is 0.307 e. The van der Waals surface area contributed by atoms with Gasteiger partial charge >= 0.3 is 6.18 Å². The van der Waals surface area contributed by atoms with Crippen molar-refractivity contribution in [2.24, 2.45) is 0 Å². The maximum Gasteiger partial charge on any atom is 0.416 e. The van der Waals surface area contributed by atoms with E-state index in [-0.39, 0.29) is 11.6 Å². The number of anilines is 1. The fraction of sp³-hybridized carbons (Fsp3) is 0.231. The first-order valence-corrected chi connectivity index (χ1v) is 6.75. The summed E-state index contributed by atoms with van der Waals surface area (Å²) >= 11 is 1.29. The third-order valence-electron chi connectivity index (χ3n) is 2.72. The molecule has 0 radical (unpaired) electrons. The molecule has 3 nitrogen and oxygen atoms in total. The van der Waals surface area contributed by atoms with Crippen LogP contribution in [0.3, 0.4) is 0 Å². The minimum Gasteiger partial charge on any atom is -0.307 e. The Labute approximate surface area is 117 Å². The van der Waals surface area contributed by atoms with E-state index in [0.717, 1.165) is 12.1 Å². The summed E-state index contributed by atoms with van der Waals surface area (Å²) in [5.74, 6) is -0.325. The number of carbonyl (C=O) groups excluding carboxylic acids is 1. The molecule has 1 amide bonds. The van der Waals surface area contributed by atoms with Crippen LogP contribution in [0.2, 0.25) is 0 Å². The van der Waals surface area contributed by atoms with Crippen LogP contribution in [0, 0.1) is 0 Å². The molecule has 7 heteroatoms. The van der Waals surface area contributed by atoms with Crippen LogP contribution in [0.25, 0.3) is 0 Å². The minimum absolute atomic E-state index is 0.289. The van der Waals surface area contributed by atoms with Gasteiger partial charge in [0.15, 0.2) is 0 Å². The highest BCUT2D eigenvalue weighted by Crippen LogP contribution is 2.30. The molecule has 0 saturated carbocycles. The molecule has 0 saturated heterocycles. The molecule has 2 aromatic rings. The largest absolute Gasteiger partial charge is 0.416 e. The van der Waals surface area contributed by atoms with Gasteiger partial charge in [-0.15, -0.1) is 11.3 Å². The fourth-order valence-electron chi connectivity index (χ4n) is 1.73. The molecule has 0 aliphatic rings. The van der Waals surface area contributed by atoms with Gasteiger partial charge in [-0.2, -0.15) is 13.2 Å². The number of rotatable bonds is 3. The first kappa shape index (κ1) is 14.5. The normalized spacial score (nSPS) is 11.4. The molecule has 0 aliphatic carbocycles. The van der Waals surface area contributed by atoms with Gasteiger partial charge in [0.1, 0.15) is 5.69 Å². The zero-order valence-electron chi connectivity index (χ0n) is 10.5. The van der Waals surface area contributed by atoms with E-state index in [1.54, 1.807) is 12.3 Å². The van der Waals surface area contributed by atoms with Crippen LogP contribution in [0.5, 0.6) is 0 Å². The van der Waals surface area contributed by atoms with Crippen molar-refractivity contribution in [1.82, 2.24) is 4.98 Å². The number of thiazole rings is 1. The Morgan fingerprint density at radius 3 is 2.40 bits per heavy atom. The summed E-state index contributed by atoms with van der Waals surface area (Å²) in [6, 6.07) is 4.51. The third kappa shape index (κ3) is 2.98. The van der Waals surface area contributed by atoms with Crippen LogP contribution < -0.4 is 4.90 Å². The number of hydrogen-bond donors (Lipinski definition) is 0. The van der Waals surface area contributed by atoms with Crippen molar-refractivity contribution in [1.29, 1.82) is 0 Å². The van der Waals surface area contributed by atoms with Gasteiger partial charge in [-0.1, -0.05) is 0 Å². The molecule has 106 valence electrons. The Hall–Kier alpha value is -1.89. The van der Waals surface area contributed by atoms with Crippen LogP contribution in [-0.4, -0.2) is 17.4 Å². The molecule has 1 heterocycles. The van der Waals surface area contributed by atoms with Crippen molar-refractivity contribution in [3.05, 3.63) is 46.4 Å². The molecule has 0 aliphatic heterocycles. The van der Waals surface area contributed by atoms with Crippen molar-refractivity contribution >= 4 is 22.9 Å². The van der Waals surface area contributed by atoms with Gasteiger partial charge in [-0.3, -0.25) is 4.79 Å². The predicted octanol–water partition coefficient (Wildman–Crippen LogP) is 3.83. The number of aromatic nitrogens is 1. The van der Waals surface area contributed by atoms with Crippen molar-refractivity contribution in [3.8, 4) is 0 Å². The monoisotopic (exact) mass is 300 g/mol. The highest BCUT2D eigenvalue weighted by Gasteiger charge is 2.30. The fourth-order valence-corrected chi connectivity index (χ4v) is 2.26. The lowest BCUT2D eigenvalue weighted by molar-refractivity contribution is -0.137. The number of hydrogen-bond acceptors (Lipinski definition) is 3. The van der Waals surface area contributed by atoms with Crippen LogP contribution in [0.15, 0.2) is 35.2 Å². The van der Waals surface area contributed by atoms with Crippen LogP contribution in [-0.2, 0) is 6.18 Å². The van der Waals surface area contributed by atoms with Crippen LogP contribution in [0.1, 0.15) is 23.0 Å². The topological polar surface area (TPSA) is 33.2 Å². The number of amides is 1. The van der Waals surface area contributed by atoms with Gasteiger partial charge in [0.25, 0.3) is 5.91 Å². The summed E-state index contributed by atoms with van der Waals surface area (Å²) in [5.41, 5.74) is 1.50. The van der Waals surface area contributed by atoms with Crippen molar-refractivity contribution in [2.75, 3.05) is 11.4 Å². The summed E-state index contributed by atoms with van der Waals surface area (Å²) in [6.45, 7) is 2.10. The quantitative estimate of drug-likeness (QED) is 0.863. The number of halogens is 3. The van der Waals surface area contributed by atoms with E-state index in [9.17, 15) is 18.0 Å². The molecule has 0 unspecified atom stereocenters. The molecule has 0 N–H and O–H groups in total. The molecule has 1 aromatic carbocycles. The summed E-state index contributed by atoms with van der Waals surface area (Å²) in [7, 11) is 0. The molecule has 0 atom stereocenters. The van der Waals surface area contributed by atoms with E-state index in [1.165, 1.54) is 33.9 Å². The van der Waals surface area contributed by atoms with E-state index in [2.05, 4.69) is 4.98 Å². The number of carbonyl (C=O) groups is 1. The minimum atomic E-state index is -4.38. The predicted molar refractivity (Wildman–Crippen MR) is 70.9 cm³/mol. The lowest BCUT2D eigenvalue weighted by Crippen LogP contribution is -2.30. The highest BCUT2D eigenvalue weighted by atomic mass is 32.1. The standard InChI is InChI=1S/C13H11F3N2OS/c1-2-18(12(19)11-7-20-8-17-11)10-5-3-9(4-6-10)13(14,15)16/h3-8H,2H2,1H3. The Morgan fingerprint density at radius 2 is 1.95 bits per heavy atom. The second-order valence-corrected chi connectivity index (χ2v) is 4.69. The number of benzene rings is 1. The second-order valence-electron chi connectivity index (χ2n) is 3.97. The average Bonchev–Trinajstić information content (AvgIpc) is 2.93. The van der Waals surface area contributed by atoms with Crippen molar-refractivity contribution < 1.29 is 18.0 Å². The number of nitrogens with zero attached hydrogens (tertiary/aromatic N) is 2. The zero-order valence-corrected chi connectivity index (χ0v) is 11.3.